The van der Waals surface area contributed by atoms with Gasteiger partial charge in [-0.1, -0.05) is 6.07 Å². The van der Waals surface area contributed by atoms with Gasteiger partial charge < -0.3 is 14.6 Å². The normalized spacial score (nSPS) is 14.8. The SMILES string of the molecule is OC(Cc1cc(F)cc(F)c1)c1ccc2c(c1)OCCO2. The van der Waals surface area contributed by atoms with E-state index < -0.39 is 17.7 Å². The van der Waals surface area contributed by atoms with Gasteiger partial charge >= 0.3 is 0 Å². The number of hydrogen-bond acceptors (Lipinski definition) is 3. The third-order valence-electron chi connectivity index (χ3n) is 3.30. The topological polar surface area (TPSA) is 38.7 Å². The average molecular weight is 292 g/mol. The van der Waals surface area contributed by atoms with Crippen molar-refractivity contribution < 1.29 is 23.4 Å². The molecular weight excluding hydrogens is 278 g/mol. The number of fused-ring (bicyclic) bond motifs is 1. The van der Waals surface area contributed by atoms with Crippen molar-refractivity contribution in [1.82, 2.24) is 0 Å². The first kappa shape index (κ1) is 13.8. The Morgan fingerprint density at radius 1 is 0.952 bits per heavy atom. The van der Waals surface area contributed by atoms with Gasteiger partial charge in [-0.05, 0) is 35.4 Å². The summed E-state index contributed by atoms with van der Waals surface area (Å²) in [5, 5.41) is 10.2. The number of benzene rings is 2. The Hall–Kier alpha value is -2.14. The van der Waals surface area contributed by atoms with Crippen LogP contribution in [0.2, 0.25) is 0 Å². The van der Waals surface area contributed by atoms with Gasteiger partial charge in [0.15, 0.2) is 11.5 Å². The molecule has 0 radical (unpaired) electrons. The highest BCUT2D eigenvalue weighted by Crippen LogP contribution is 2.33. The maximum absolute atomic E-state index is 13.1. The van der Waals surface area contributed by atoms with Gasteiger partial charge in [0.05, 0.1) is 6.10 Å². The van der Waals surface area contributed by atoms with Crippen molar-refractivity contribution in [2.45, 2.75) is 12.5 Å². The lowest BCUT2D eigenvalue weighted by atomic mass is 10.0. The minimum absolute atomic E-state index is 0.119. The summed E-state index contributed by atoms with van der Waals surface area (Å²) in [6.45, 7) is 0.957. The van der Waals surface area contributed by atoms with E-state index in [4.69, 9.17) is 9.47 Å². The number of hydrogen-bond donors (Lipinski definition) is 1. The van der Waals surface area contributed by atoms with Gasteiger partial charge in [0.1, 0.15) is 24.8 Å². The van der Waals surface area contributed by atoms with Crippen LogP contribution in [0, 0.1) is 11.6 Å². The smallest absolute Gasteiger partial charge is 0.161 e. The Labute approximate surface area is 120 Å². The fourth-order valence-corrected chi connectivity index (χ4v) is 2.34. The van der Waals surface area contributed by atoms with Crippen LogP contribution in [0.25, 0.3) is 0 Å². The highest BCUT2D eigenvalue weighted by Gasteiger charge is 2.16. The van der Waals surface area contributed by atoms with Crippen LogP contribution in [0.5, 0.6) is 11.5 Å². The lowest BCUT2D eigenvalue weighted by Gasteiger charge is -2.20. The van der Waals surface area contributed by atoms with Crippen LogP contribution in [0.4, 0.5) is 8.78 Å². The van der Waals surface area contributed by atoms with E-state index in [9.17, 15) is 13.9 Å². The van der Waals surface area contributed by atoms with Crippen LogP contribution in [0.3, 0.4) is 0 Å². The summed E-state index contributed by atoms with van der Waals surface area (Å²) in [6, 6.07) is 8.36. The molecule has 0 bridgehead atoms. The minimum Gasteiger partial charge on any atom is -0.486 e. The molecule has 0 spiro atoms. The molecule has 0 saturated carbocycles. The number of aliphatic hydroxyl groups is 1. The molecule has 0 fully saturated rings. The number of rotatable bonds is 3. The molecule has 1 unspecified atom stereocenters. The van der Waals surface area contributed by atoms with Crippen molar-refractivity contribution in [3.05, 3.63) is 59.2 Å². The average Bonchev–Trinajstić information content (AvgIpc) is 2.45. The fraction of sp³-hybridized carbons (Fsp3) is 0.250. The summed E-state index contributed by atoms with van der Waals surface area (Å²) in [5.41, 5.74) is 1.01. The van der Waals surface area contributed by atoms with E-state index in [1.807, 2.05) is 0 Å². The molecule has 110 valence electrons. The molecule has 1 heterocycles. The van der Waals surface area contributed by atoms with Crippen molar-refractivity contribution >= 4 is 0 Å². The van der Waals surface area contributed by atoms with Gasteiger partial charge in [-0.2, -0.15) is 0 Å². The van der Waals surface area contributed by atoms with E-state index in [2.05, 4.69) is 0 Å². The summed E-state index contributed by atoms with van der Waals surface area (Å²) >= 11 is 0. The third-order valence-corrected chi connectivity index (χ3v) is 3.30. The molecule has 1 aliphatic rings. The minimum atomic E-state index is -0.873. The second kappa shape index (κ2) is 5.69. The summed E-state index contributed by atoms with van der Waals surface area (Å²) in [5.74, 6) is -0.101. The van der Waals surface area contributed by atoms with Crippen LogP contribution in [-0.4, -0.2) is 18.3 Å². The molecule has 0 aromatic heterocycles. The van der Waals surface area contributed by atoms with Gasteiger partial charge in [0, 0.05) is 12.5 Å². The third kappa shape index (κ3) is 3.13. The van der Waals surface area contributed by atoms with E-state index in [-0.39, 0.29) is 6.42 Å². The molecule has 2 aromatic rings. The molecule has 2 aromatic carbocycles. The van der Waals surface area contributed by atoms with E-state index in [0.717, 1.165) is 6.07 Å². The van der Waals surface area contributed by atoms with Crippen LogP contribution in [0.1, 0.15) is 17.2 Å². The van der Waals surface area contributed by atoms with Gasteiger partial charge in [-0.3, -0.25) is 0 Å². The zero-order valence-corrected chi connectivity index (χ0v) is 11.2. The highest BCUT2D eigenvalue weighted by atomic mass is 19.1. The Morgan fingerprint density at radius 2 is 1.62 bits per heavy atom. The molecule has 3 nitrogen and oxygen atoms in total. The molecular formula is C16H14F2O3. The monoisotopic (exact) mass is 292 g/mol. The number of aliphatic hydroxyl groups excluding tert-OH is 1. The lowest BCUT2D eigenvalue weighted by Crippen LogP contribution is -2.15. The molecule has 3 rings (SSSR count). The van der Waals surface area contributed by atoms with Crippen molar-refractivity contribution in [3.8, 4) is 11.5 Å². The van der Waals surface area contributed by atoms with Crippen LogP contribution >= 0.6 is 0 Å². The fourth-order valence-electron chi connectivity index (χ4n) is 2.34. The zero-order valence-electron chi connectivity index (χ0n) is 11.2. The van der Waals surface area contributed by atoms with Crippen molar-refractivity contribution in [1.29, 1.82) is 0 Å². The van der Waals surface area contributed by atoms with E-state index in [0.29, 0.717) is 35.8 Å². The maximum atomic E-state index is 13.1. The Morgan fingerprint density at radius 3 is 2.33 bits per heavy atom. The molecule has 21 heavy (non-hydrogen) atoms. The lowest BCUT2D eigenvalue weighted by molar-refractivity contribution is 0.164. The predicted octanol–water partition coefficient (Wildman–Crippen LogP) is 3.01. The highest BCUT2D eigenvalue weighted by molar-refractivity contribution is 5.44. The Balaban J connectivity index is 1.80. The van der Waals surface area contributed by atoms with E-state index in [1.165, 1.54) is 12.1 Å². The largest absolute Gasteiger partial charge is 0.486 e. The second-order valence-corrected chi connectivity index (χ2v) is 4.90. The standard InChI is InChI=1S/C16H14F2O3/c17-12-5-10(6-13(18)9-12)7-14(19)11-1-2-15-16(8-11)21-4-3-20-15/h1-2,5-6,8-9,14,19H,3-4,7H2. The molecule has 1 atom stereocenters. The molecule has 0 amide bonds. The van der Waals surface area contributed by atoms with Crippen LogP contribution < -0.4 is 9.47 Å². The van der Waals surface area contributed by atoms with Crippen molar-refractivity contribution in [2.24, 2.45) is 0 Å². The molecule has 0 saturated heterocycles. The van der Waals surface area contributed by atoms with E-state index >= 15 is 0 Å². The number of ether oxygens (including phenoxy) is 2. The van der Waals surface area contributed by atoms with Crippen LogP contribution in [0.15, 0.2) is 36.4 Å². The summed E-state index contributed by atoms with van der Waals surface area (Å²) in [6.07, 6.45) is -0.754. The quantitative estimate of drug-likeness (QED) is 0.945. The van der Waals surface area contributed by atoms with Crippen LogP contribution in [-0.2, 0) is 6.42 Å². The van der Waals surface area contributed by atoms with E-state index in [1.54, 1.807) is 18.2 Å². The molecule has 1 N–H and O–H groups in total. The second-order valence-electron chi connectivity index (χ2n) is 4.90. The predicted molar refractivity (Wildman–Crippen MR) is 72.5 cm³/mol. The summed E-state index contributed by atoms with van der Waals surface area (Å²) in [4.78, 5) is 0. The first-order chi connectivity index (χ1) is 10.1. The number of halogens is 2. The van der Waals surface area contributed by atoms with Crippen molar-refractivity contribution in [3.63, 3.8) is 0 Å². The first-order valence-electron chi connectivity index (χ1n) is 6.64. The molecule has 5 heteroatoms. The maximum Gasteiger partial charge on any atom is 0.161 e. The summed E-state index contributed by atoms with van der Waals surface area (Å²) in [7, 11) is 0. The van der Waals surface area contributed by atoms with Crippen molar-refractivity contribution in [2.75, 3.05) is 13.2 Å². The molecule has 1 aliphatic heterocycles. The Bertz CT molecular complexity index is 638. The zero-order chi connectivity index (χ0) is 14.8. The van der Waals surface area contributed by atoms with Gasteiger partial charge in [0.2, 0.25) is 0 Å². The summed E-state index contributed by atoms with van der Waals surface area (Å²) < 4.78 is 37.1. The Kier molecular flexibility index (Phi) is 3.75. The first-order valence-corrected chi connectivity index (χ1v) is 6.64. The van der Waals surface area contributed by atoms with Gasteiger partial charge in [0.25, 0.3) is 0 Å². The molecule has 0 aliphatic carbocycles. The van der Waals surface area contributed by atoms with Gasteiger partial charge in [-0.15, -0.1) is 0 Å². The van der Waals surface area contributed by atoms with Gasteiger partial charge in [-0.25, -0.2) is 8.78 Å².